The van der Waals surface area contributed by atoms with Crippen molar-refractivity contribution in [3.8, 4) is 0 Å². The number of benzene rings is 2. The van der Waals surface area contributed by atoms with Gasteiger partial charge in [0.25, 0.3) is 5.91 Å². The van der Waals surface area contributed by atoms with E-state index in [4.69, 9.17) is 11.6 Å². The molecule has 1 amide bonds. The minimum atomic E-state index is -3.40. The Morgan fingerprint density at radius 3 is 2.32 bits per heavy atom. The first-order valence-corrected chi connectivity index (χ1v) is 9.99. The molecule has 25 heavy (non-hydrogen) atoms. The molecule has 0 aliphatic heterocycles. The summed E-state index contributed by atoms with van der Waals surface area (Å²) in [7, 11) is -3.40. The minimum absolute atomic E-state index is 0.179. The van der Waals surface area contributed by atoms with Gasteiger partial charge in [0, 0.05) is 5.69 Å². The third-order valence-corrected chi connectivity index (χ3v) is 4.81. The van der Waals surface area contributed by atoms with E-state index < -0.39 is 10.0 Å². The molecule has 0 aliphatic rings. The second-order valence-corrected chi connectivity index (χ2v) is 8.26. The van der Waals surface area contributed by atoms with E-state index in [-0.39, 0.29) is 22.5 Å². The van der Waals surface area contributed by atoms with E-state index in [2.05, 4.69) is 10.0 Å². The molecule has 0 radical (unpaired) electrons. The number of halogens is 1. The van der Waals surface area contributed by atoms with Crippen LogP contribution < -0.4 is 10.0 Å². The molecule has 0 aliphatic carbocycles. The molecule has 0 aromatic heterocycles. The molecule has 0 bridgehead atoms. The van der Waals surface area contributed by atoms with Gasteiger partial charge in [0.2, 0.25) is 10.0 Å². The van der Waals surface area contributed by atoms with Crippen LogP contribution in [0.4, 0.5) is 5.69 Å². The highest BCUT2D eigenvalue weighted by Gasteiger charge is 2.15. The molecule has 5 nitrogen and oxygen atoms in total. The lowest BCUT2D eigenvalue weighted by atomic mass is 10.0. The number of anilines is 1. The average Bonchev–Trinajstić information content (AvgIpc) is 2.48. The minimum Gasteiger partial charge on any atom is -0.345 e. The first kappa shape index (κ1) is 19.3. The number of hydrogen-bond acceptors (Lipinski definition) is 3. The van der Waals surface area contributed by atoms with Gasteiger partial charge < -0.3 is 5.32 Å². The number of rotatable bonds is 5. The summed E-state index contributed by atoms with van der Waals surface area (Å²) in [5, 5.41) is 3.08. The van der Waals surface area contributed by atoms with Crippen molar-refractivity contribution in [1.82, 2.24) is 5.32 Å². The standard InChI is InChI=1S/C18H21ClN2O3S/c1-11-5-6-14(9-12(11)2)13(3)20-18(22)16-8-7-15(10-17(16)19)21-25(4,23)24/h5-10,13,21H,1-4H3,(H,20,22)/t13-/m1/s1. The Kier molecular flexibility index (Phi) is 5.75. The van der Waals surface area contributed by atoms with Crippen LogP contribution in [0.5, 0.6) is 0 Å². The Labute approximate surface area is 153 Å². The van der Waals surface area contributed by atoms with Crippen molar-refractivity contribution in [2.75, 3.05) is 11.0 Å². The van der Waals surface area contributed by atoms with E-state index in [1.165, 1.54) is 23.8 Å². The monoisotopic (exact) mass is 380 g/mol. The van der Waals surface area contributed by atoms with Crippen LogP contribution in [-0.4, -0.2) is 20.6 Å². The second kappa shape index (κ2) is 7.45. The van der Waals surface area contributed by atoms with Crippen molar-refractivity contribution in [3.05, 3.63) is 63.7 Å². The van der Waals surface area contributed by atoms with Gasteiger partial charge in [0.15, 0.2) is 0 Å². The SMILES string of the molecule is Cc1ccc([C@@H](C)NC(=O)c2ccc(NS(C)(=O)=O)cc2Cl)cc1C. The highest BCUT2D eigenvalue weighted by atomic mass is 35.5. The Hall–Kier alpha value is -2.05. The molecule has 0 heterocycles. The van der Waals surface area contributed by atoms with Gasteiger partial charge in [-0.3, -0.25) is 9.52 Å². The highest BCUT2D eigenvalue weighted by molar-refractivity contribution is 7.92. The number of carbonyl (C=O) groups is 1. The molecule has 2 rings (SSSR count). The van der Waals surface area contributed by atoms with Crippen LogP contribution in [0.25, 0.3) is 0 Å². The molecule has 2 aromatic carbocycles. The highest BCUT2D eigenvalue weighted by Crippen LogP contribution is 2.23. The summed E-state index contributed by atoms with van der Waals surface area (Å²) in [5.41, 5.74) is 3.96. The third-order valence-electron chi connectivity index (χ3n) is 3.90. The largest absolute Gasteiger partial charge is 0.345 e. The molecular formula is C18H21ClN2O3S. The molecule has 2 aromatic rings. The van der Waals surface area contributed by atoms with Gasteiger partial charge in [-0.25, -0.2) is 8.42 Å². The van der Waals surface area contributed by atoms with Crippen molar-refractivity contribution >= 4 is 33.2 Å². The third kappa shape index (κ3) is 5.21. The Morgan fingerprint density at radius 2 is 1.76 bits per heavy atom. The van der Waals surface area contributed by atoms with Gasteiger partial charge in [-0.2, -0.15) is 0 Å². The lowest BCUT2D eigenvalue weighted by Crippen LogP contribution is -2.27. The topological polar surface area (TPSA) is 75.3 Å². The summed E-state index contributed by atoms with van der Waals surface area (Å²) in [6.45, 7) is 5.96. The fourth-order valence-electron chi connectivity index (χ4n) is 2.37. The van der Waals surface area contributed by atoms with Gasteiger partial charge in [-0.05, 0) is 55.7 Å². The van der Waals surface area contributed by atoms with Crippen LogP contribution in [0.3, 0.4) is 0 Å². The maximum absolute atomic E-state index is 12.5. The number of sulfonamides is 1. The second-order valence-electron chi connectivity index (χ2n) is 6.11. The smallest absolute Gasteiger partial charge is 0.253 e. The molecule has 0 saturated heterocycles. The van der Waals surface area contributed by atoms with Gasteiger partial charge in [0.05, 0.1) is 22.9 Å². The summed E-state index contributed by atoms with van der Waals surface area (Å²) >= 11 is 6.13. The summed E-state index contributed by atoms with van der Waals surface area (Å²) in [4.78, 5) is 12.5. The van der Waals surface area contributed by atoms with Crippen LogP contribution in [0.1, 0.15) is 40.0 Å². The number of hydrogen-bond donors (Lipinski definition) is 2. The molecule has 1 atom stereocenters. The fourth-order valence-corrected chi connectivity index (χ4v) is 3.19. The van der Waals surface area contributed by atoms with Crippen LogP contribution >= 0.6 is 11.6 Å². The van der Waals surface area contributed by atoms with Crippen LogP contribution in [0.15, 0.2) is 36.4 Å². The van der Waals surface area contributed by atoms with Gasteiger partial charge >= 0.3 is 0 Å². The number of carbonyl (C=O) groups excluding carboxylic acids is 1. The van der Waals surface area contributed by atoms with Crippen molar-refractivity contribution < 1.29 is 13.2 Å². The van der Waals surface area contributed by atoms with E-state index in [0.29, 0.717) is 5.69 Å². The van der Waals surface area contributed by atoms with E-state index in [0.717, 1.165) is 17.4 Å². The Bertz CT molecular complexity index is 911. The van der Waals surface area contributed by atoms with Crippen molar-refractivity contribution in [1.29, 1.82) is 0 Å². The van der Waals surface area contributed by atoms with Gasteiger partial charge in [-0.1, -0.05) is 29.8 Å². The first-order chi connectivity index (χ1) is 11.6. The molecular weight excluding hydrogens is 360 g/mol. The number of amides is 1. The fraction of sp³-hybridized carbons (Fsp3) is 0.278. The summed E-state index contributed by atoms with van der Waals surface area (Å²) in [6, 6.07) is 10.3. The van der Waals surface area contributed by atoms with Crippen molar-refractivity contribution in [3.63, 3.8) is 0 Å². The Balaban J connectivity index is 2.16. The number of nitrogens with one attached hydrogen (secondary N) is 2. The molecule has 0 spiro atoms. The van der Waals surface area contributed by atoms with Crippen molar-refractivity contribution in [2.24, 2.45) is 0 Å². The lowest BCUT2D eigenvalue weighted by Gasteiger charge is -2.16. The summed E-state index contributed by atoms with van der Waals surface area (Å²) in [5.74, 6) is -0.318. The van der Waals surface area contributed by atoms with E-state index in [1.54, 1.807) is 0 Å². The normalized spacial score (nSPS) is 12.5. The zero-order chi connectivity index (χ0) is 18.8. The van der Waals surface area contributed by atoms with E-state index in [9.17, 15) is 13.2 Å². The average molecular weight is 381 g/mol. The van der Waals surface area contributed by atoms with Crippen LogP contribution in [-0.2, 0) is 10.0 Å². The van der Waals surface area contributed by atoms with E-state index in [1.807, 2.05) is 39.0 Å². The predicted molar refractivity (Wildman–Crippen MR) is 102 cm³/mol. The summed E-state index contributed by atoms with van der Waals surface area (Å²) < 4.78 is 24.8. The molecule has 2 N–H and O–H groups in total. The zero-order valence-electron chi connectivity index (χ0n) is 14.6. The quantitative estimate of drug-likeness (QED) is 0.827. The Morgan fingerprint density at radius 1 is 1.08 bits per heavy atom. The molecule has 0 saturated carbocycles. The van der Waals surface area contributed by atoms with Gasteiger partial charge in [0.1, 0.15) is 0 Å². The lowest BCUT2D eigenvalue weighted by molar-refractivity contribution is 0.0940. The predicted octanol–water partition coefficient (Wildman–Crippen LogP) is 3.82. The molecule has 0 fully saturated rings. The summed E-state index contributed by atoms with van der Waals surface area (Å²) in [6.07, 6.45) is 1.05. The van der Waals surface area contributed by atoms with Crippen molar-refractivity contribution in [2.45, 2.75) is 26.8 Å². The molecule has 134 valence electrons. The molecule has 7 heteroatoms. The molecule has 0 unspecified atom stereocenters. The van der Waals surface area contributed by atoms with Gasteiger partial charge in [-0.15, -0.1) is 0 Å². The number of aryl methyl sites for hydroxylation is 2. The maximum atomic E-state index is 12.5. The van der Waals surface area contributed by atoms with E-state index >= 15 is 0 Å². The van der Waals surface area contributed by atoms with Crippen LogP contribution in [0.2, 0.25) is 5.02 Å². The maximum Gasteiger partial charge on any atom is 0.253 e. The van der Waals surface area contributed by atoms with Crippen LogP contribution in [0, 0.1) is 13.8 Å². The zero-order valence-corrected chi connectivity index (χ0v) is 16.1. The first-order valence-electron chi connectivity index (χ1n) is 7.72.